The second-order valence-electron chi connectivity index (χ2n) is 6.83. The standard InChI is InChI=1S/C17H27N3O/c1-14(2)6-5-8-17(3)9-7-16(21)20(13-17)12-15-18-10-11-19(15)4/h6,10-11H,5,7-9,12-13H2,1-4H3. The summed E-state index contributed by atoms with van der Waals surface area (Å²) in [5.41, 5.74) is 1.60. The van der Waals surface area contributed by atoms with Crippen molar-refractivity contribution in [3.05, 3.63) is 29.9 Å². The molecule has 0 N–H and O–H groups in total. The number of aryl methyl sites for hydroxylation is 1. The molecule has 1 aliphatic heterocycles. The molecule has 0 aromatic carbocycles. The van der Waals surface area contributed by atoms with Crippen molar-refractivity contribution in [2.24, 2.45) is 12.5 Å². The van der Waals surface area contributed by atoms with Gasteiger partial charge in [-0.3, -0.25) is 4.79 Å². The molecule has 21 heavy (non-hydrogen) atoms. The first-order valence-corrected chi connectivity index (χ1v) is 7.77. The minimum atomic E-state index is 0.227. The predicted molar refractivity (Wildman–Crippen MR) is 84.6 cm³/mol. The van der Waals surface area contributed by atoms with Crippen molar-refractivity contribution in [1.82, 2.24) is 14.5 Å². The molecule has 116 valence electrons. The molecule has 1 aromatic rings. The number of allylic oxidation sites excluding steroid dienone is 2. The van der Waals surface area contributed by atoms with Crippen LogP contribution in [0.5, 0.6) is 0 Å². The van der Waals surface area contributed by atoms with E-state index in [9.17, 15) is 4.79 Å². The maximum Gasteiger partial charge on any atom is 0.223 e. The lowest BCUT2D eigenvalue weighted by Gasteiger charge is -2.40. The minimum absolute atomic E-state index is 0.227. The molecule has 0 spiro atoms. The van der Waals surface area contributed by atoms with E-state index in [1.54, 1.807) is 6.20 Å². The van der Waals surface area contributed by atoms with Crippen LogP contribution in [0.15, 0.2) is 24.0 Å². The molecule has 2 heterocycles. The number of carbonyl (C=O) groups is 1. The highest BCUT2D eigenvalue weighted by molar-refractivity contribution is 5.77. The van der Waals surface area contributed by atoms with Crippen molar-refractivity contribution < 1.29 is 4.79 Å². The maximum atomic E-state index is 12.2. The molecule has 1 aliphatic rings. The summed E-state index contributed by atoms with van der Waals surface area (Å²) in [6, 6.07) is 0. The molecular weight excluding hydrogens is 262 g/mol. The lowest BCUT2D eigenvalue weighted by Crippen LogP contribution is -2.45. The Balaban J connectivity index is 2.00. The average Bonchev–Trinajstić information content (AvgIpc) is 2.79. The fourth-order valence-electron chi connectivity index (χ4n) is 2.97. The van der Waals surface area contributed by atoms with Crippen LogP contribution in [0.2, 0.25) is 0 Å². The Kier molecular flexibility index (Phi) is 4.86. The van der Waals surface area contributed by atoms with E-state index in [-0.39, 0.29) is 11.3 Å². The Morgan fingerprint density at radius 3 is 2.86 bits per heavy atom. The third-order valence-corrected chi connectivity index (χ3v) is 4.42. The highest BCUT2D eigenvalue weighted by atomic mass is 16.2. The number of imidazole rings is 1. The fourth-order valence-corrected chi connectivity index (χ4v) is 2.97. The molecule has 0 bridgehead atoms. The Hall–Kier alpha value is -1.58. The van der Waals surface area contributed by atoms with E-state index < -0.39 is 0 Å². The van der Waals surface area contributed by atoms with Crippen molar-refractivity contribution in [1.29, 1.82) is 0 Å². The first-order chi connectivity index (χ1) is 9.89. The number of carbonyl (C=O) groups excluding carboxylic acids is 1. The summed E-state index contributed by atoms with van der Waals surface area (Å²) < 4.78 is 1.99. The van der Waals surface area contributed by atoms with Crippen molar-refractivity contribution >= 4 is 5.91 Å². The molecule has 1 unspecified atom stereocenters. The van der Waals surface area contributed by atoms with Crippen molar-refractivity contribution in [2.75, 3.05) is 6.54 Å². The molecule has 1 atom stereocenters. The van der Waals surface area contributed by atoms with Gasteiger partial charge in [0.1, 0.15) is 5.82 Å². The monoisotopic (exact) mass is 289 g/mol. The van der Waals surface area contributed by atoms with Gasteiger partial charge in [0.25, 0.3) is 0 Å². The van der Waals surface area contributed by atoms with Gasteiger partial charge in [0.15, 0.2) is 0 Å². The van der Waals surface area contributed by atoms with Crippen LogP contribution >= 0.6 is 0 Å². The zero-order valence-electron chi connectivity index (χ0n) is 13.7. The highest BCUT2D eigenvalue weighted by Crippen LogP contribution is 2.35. The lowest BCUT2D eigenvalue weighted by atomic mass is 9.77. The Bertz CT molecular complexity index is 528. The van der Waals surface area contributed by atoms with Crippen molar-refractivity contribution in [3.63, 3.8) is 0 Å². The van der Waals surface area contributed by atoms with E-state index in [4.69, 9.17) is 0 Å². The molecule has 4 nitrogen and oxygen atoms in total. The smallest absolute Gasteiger partial charge is 0.223 e. The number of nitrogens with zero attached hydrogens (tertiary/aromatic N) is 3. The first kappa shape index (κ1) is 15.8. The quantitative estimate of drug-likeness (QED) is 0.780. The molecule has 1 fully saturated rings. The van der Waals surface area contributed by atoms with Gasteiger partial charge in [-0.25, -0.2) is 4.98 Å². The number of piperidine rings is 1. The molecule has 1 amide bonds. The summed E-state index contributed by atoms with van der Waals surface area (Å²) in [5.74, 6) is 1.22. The van der Waals surface area contributed by atoms with Crippen molar-refractivity contribution in [2.45, 2.75) is 53.0 Å². The molecule has 0 radical (unpaired) electrons. The number of likely N-dealkylation sites (tertiary alicyclic amines) is 1. The average molecular weight is 289 g/mol. The zero-order chi connectivity index (χ0) is 15.5. The largest absolute Gasteiger partial charge is 0.337 e. The van der Waals surface area contributed by atoms with Gasteiger partial charge in [0, 0.05) is 32.4 Å². The summed E-state index contributed by atoms with van der Waals surface area (Å²) in [7, 11) is 1.98. The Morgan fingerprint density at radius 1 is 1.48 bits per heavy atom. The molecule has 4 heteroatoms. The normalized spacial score (nSPS) is 22.5. The van der Waals surface area contributed by atoms with Crippen LogP contribution in [0.25, 0.3) is 0 Å². The van der Waals surface area contributed by atoms with Crippen LogP contribution in [0.4, 0.5) is 0 Å². The molecule has 0 aliphatic carbocycles. The van der Waals surface area contributed by atoms with Gasteiger partial charge in [-0.05, 0) is 38.5 Å². The van der Waals surface area contributed by atoms with Gasteiger partial charge in [0.05, 0.1) is 6.54 Å². The molecule has 2 rings (SSSR count). The first-order valence-electron chi connectivity index (χ1n) is 7.77. The third-order valence-electron chi connectivity index (χ3n) is 4.42. The van der Waals surface area contributed by atoms with Gasteiger partial charge in [0.2, 0.25) is 5.91 Å². The van der Waals surface area contributed by atoms with Crippen molar-refractivity contribution in [3.8, 4) is 0 Å². The summed E-state index contributed by atoms with van der Waals surface area (Å²) in [5, 5.41) is 0. The van der Waals surface area contributed by atoms with E-state index in [1.165, 1.54) is 5.57 Å². The van der Waals surface area contributed by atoms with Crippen LogP contribution in [-0.2, 0) is 18.4 Å². The van der Waals surface area contributed by atoms with Crippen LogP contribution < -0.4 is 0 Å². The molecule has 0 saturated carbocycles. The van der Waals surface area contributed by atoms with Gasteiger partial charge in [-0.2, -0.15) is 0 Å². The molecule has 1 aromatic heterocycles. The number of rotatable bonds is 5. The van der Waals surface area contributed by atoms with E-state index in [1.807, 2.05) is 22.7 Å². The number of amides is 1. The summed E-state index contributed by atoms with van der Waals surface area (Å²) in [6.45, 7) is 8.06. The van der Waals surface area contributed by atoms with Gasteiger partial charge >= 0.3 is 0 Å². The number of aromatic nitrogens is 2. The van der Waals surface area contributed by atoms with E-state index in [0.29, 0.717) is 13.0 Å². The summed E-state index contributed by atoms with van der Waals surface area (Å²) in [6.07, 6.45) is 9.92. The molecular formula is C17H27N3O. The van der Waals surface area contributed by atoms with E-state index in [2.05, 4.69) is 31.8 Å². The predicted octanol–water partition coefficient (Wildman–Crippen LogP) is 3.30. The number of hydrogen-bond donors (Lipinski definition) is 0. The lowest BCUT2D eigenvalue weighted by molar-refractivity contribution is -0.138. The second-order valence-corrected chi connectivity index (χ2v) is 6.83. The molecule has 1 saturated heterocycles. The third kappa shape index (κ3) is 4.19. The van der Waals surface area contributed by atoms with E-state index in [0.717, 1.165) is 31.6 Å². The number of hydrogen-bond acceptors (Lipinski definition) is 2. The van der Waals surface area contributed by atoms with Crippen LogP contribution in [-0.4, -0.2) is 26.9 Å². The van der Waals surface area contributed by atoms with Gasteiger partial charge < -0.3 is 9.47 Å². The highest BCUT2D eigenvalue weighted by Gasteiger charge is 2.34. The zero-order valence-corrected chi connectivity index (χ0v) is 13.7. The SMILES string of the molecule is CC(C)=CCCC1(C)CCC(=O)N(Cc2nccn2C)C1. The van der Waals surface area contributed by atoms with E-state index >= 15 is 0 Å². The fraction of sp³-hybridized carbons (Fsp3) is 0.647. The minimum Gasteiger partial charge on any atom is -0.337 e. The topological polar surface area (TPSA) is 38.1 Å². The van der Waals surface area contributed by atoms with Crippen LogP contribution in [0.3, 0.4) is 0 Å². The van der Waals surface area contributed by atoms with Gasteiger partial charge in [-0.15, -0.1) is 0 Å². The Labute approximate surface area is 127 Å². The van der Waals surface area contributed by atoms with Crippen LogP contribution in [0.1, 0.15) is 52.3 Å². The second kappa shape index (κ2) is 6.46. The maximum absolute atomic E-state index is 12.2. The Morgan fingerprint density at radius 2 is 2.24 bits per heavy atom. The van der Waals surface area contributed by atoms with Gasteiger partial charge in [-0.1, -0.05) is 18.6 Å². The van der Waals surface area contributed by atoms with Crippen LogP contribution in [0, 0.1) is 5.41 Å². The summed E-state index contributed by atoms with van der Waals surface area (Å²) in [4.78, 5) is 18.5. The summed E-state index contributed by atoms with van der Waals surface area (Å²) >= 11 is 0.